The predicted octanol–water partition coefficient (Wildman–Crippen LogP) is 3.34. The van der Waals surface area contributed by atoms with Gasteiger partial charge < -0.3 is 4.74 Å². The van der Waals surface area contributed by atoms with Gasteiger partial charge in [0.25, 0.3) is 0 Å². The Bertz CT molecular complexity index is 740. The third-order valence-corrected chi connectivity index (χ3v) is 5.14. The Morgan fingerprint density at radius 2 is 1.78 bits per heavy atom. The molecule has 2 rings (SSSR count). The average Bonchev–Trinajstić information content (AvgIpc) is 2.55. The average molecular weight is 333 g/mol. The Kier molecular flexibility index (Phi) is 5.80. The standard InChI is InChI=1S/C18H23NO3S/c1-14(2)17-13-16(9-10-18(17)22-3)23(20,21)19-12-11-15-7-5-4-6-8-15/h4-10,13-14,19H,11-12H2,1-3H3. The highest BCUT2D eigenvalue weighted by Gasteiger charge is 2.17. The Morgan fingerprint density at radius 3 is 2.39 bits per heavy atom. The summed E-state index contributed by atoms with van der Waals surface area (Å²) in [7, 11) is -1.93. The zero-order chi connectivity index (χ0) is 16.9. The molecule has 1 N–H and O–H groups in total. The van der Waals surface area contributed by atoms with Crippen molar-refractivity contribution in [2.24, 2.45) is 0 Å². The number of ether oxygens (including phenoxy) is 1. The van der Waals surface area contributed by atoms with Crippen LogP contribution in [-0.2, 0) is 16.4 Å². The molecular weight excluding hydrogens is 310 g/mol. The van der Waals surface area contributed by atoms with Crippen LogP contribution in [0.4, 0.5) is 0 Å². The molecule has 0 aromatic heterocycles. The summed E-state index contributed by atoms with van der Waals surface area (Å²) in [5.41, 5.74) is 1.99. The van der Waals surface area contributed by atoms with Gasteiger partial charge in [-0.15, -0.1) is 0 Å². The highest BCUT2D eigenvalue weighted by Crippen LogP contribution is 2.28. The smallest absolute Gasteiger partial charge is 0.240 e. The third-order valence-electron chi connectivity index (χ3n) is 3.68. The van der Waals surface area contributed by atoms with E-state index in [4.69, 9.17) is 4.74 Å². The van der Waals surface area contributed by atoms with Gasteiger partial charge in [-0.2, -0.15) is 0 Å². The van der Waals surface area contributed by atoms with E-state index in [1.165, 1.54) is 0 Å². The molecule has 0 bridgehead atoms. The summed E-state index contributed by atoms with van der Waals surface area (Å²) in [5.74, 6) is 0.896. The molecule has 0 aliphatic rings. The number of hydrogen-bond donors (Lipinski definition) is 1. The summed E-state index contributed by atoms with van der Waals surface area (Å²) in [5, 5.41) is 0. The maximum atomic E-state index is 12.4. The van der Waals surface area contributed by atoms with Crippen molar-refractivity contribution in [3.8, 4) is 5.75 Å². The molecule has 0 atom stereocenters. The first-order valence-corrected chi connectivity index (χ1v) is 9.14. The monoisotopic (exact) mass is 333 g/mol. The lowest BCUT2D eigenvalue weighted by Crippen LogP contribution is -2.26. The predicted molar refractivity (Wildman–Crippen MR) is 92.4 cm³/mol. The van der Waals surface area contributed by atoms with E-state index in [-0.39, 0.29) is 10.8 Å². The normalized spacial score (nSPS) is 11.7. The molecule has 0 heterocycles. The van der Waals surface area contributed by atoms with Crippen molar-refractivity contribution in [2.75, 3.05) is 13.7 Å². The van der Waals surface area contributed by atoms with Gasteiger partial charge in [0.05, 0.1) is 12.0 Å². The fraction of sp³-hybridized carbons (Fsp3) is 0.333. The fourth-order valence-electron chi connectivity index (χ4n) is 2.39. The van der Waals surface area contributed by atoms with Crippen LogP contribution < -0.4 is 9.46 Å². The highest BCUT2D eigenvalue weighted by molar-refractivity contribution is 7.89. The summed E-state index contributed by atoms with van der Waals surface area (Å²) in [4.78, 5) is 0.273. The number of hydrogen-bond acceptors (Lipinski definition) is 3. The molecule has 0 aliphatic heterocycles. The van der Waals surface area contributed by atoms with Crippen molar-refractivity contribution in [3.63, 3.8) is 0 Å². The van der Waals surface area contributed by atoms with Crippen LogP contribution in [0.1, 0.15) is 30.9 Å². The van der Waals surface area contributed by atoms with E-state index < -0.39 is 10.0 Å². The van der Waals surface area contributed by atoms with Gasteiger partial charge in [0.2, 0.25) is 10.0 Å². The quantitative estimate of drug-likeness (QED) is 0.845. The first-order chi connectivity index (χ1) is 10.9. The molecule has 0 aliphatic carbocycles. The molecule has 23 heavy (non-hydrogen) atoms. The van der Waals surface area contributed by atoms with Gasteiger partial charge in [-0.25, -0.2) is 13.1 Å². The SMILES string of the molecule is COc1ccc(S(=O)(=O)NCCc2ccccc2)cc1C(C)C. The lowest BCUT2D eigenvalue weighted by atomic mass is 10.0. The molecule has 0 saturated carbocycles. The first kappa shape index (κ1) is 17.5. The summed E-state index contributed by atoms with van der Waals surface area (Å²) >= 11 is 0. The second kappa shape index (κ2) is 7.62. The van der Waals surface area contributed by atoms with E-state index in [0.717, 1.165) is 11.1 Å². The molecule has 4 nitrogen and oxygen atoms in total. The number of nitrogens with one attached hydrogen (secondary N) is 1. The summed E-state index contributed by atoms with van der Waals surface area (Å²) in [6.07, 6.45) is 0.660. The third kappa shape index (κ3) is 4.56. The van der Waals surface area contributed by atoms with Crippen LogP contribution in [-0.4, -0.2) is 22.1 Å². The highest BCUT2D eigenvalue weighted by atomic mass is 32.2. The van der Waals surface area contributed by atoms with Gasteiger partial charge in [0.1, 0.15) is 5.75 Å². The van der Waals surface area contributed by atoms with Gasteiger partial charge in [-0.1, -0.05) is 44.2 Å². The topological polar surface area (TPSA) is 55.4 Å². The minimum absolute atomic E-state index is 0.185. The van der Waals surface area contributed by atoms with E-state index in [0.29, 0.717) is 18.7 Å². The van der Waals surface area contributed by atoms with Crippen LogP contribution in [0, 0.1) is 0 Å². The van der Waals surface area contributed by atoms with E-state index >= 15 is 0 Å². The Hall–Kier alpha value is -1.85. The van der Waals surface area contributed by atoms with Crippen LogP contribution >= 0.6 is 0 Å². The molecule has 0 amide bonds. The molecule has 2 aromatic rings. The maximum Gasteiger partial charge on any atom is 0.240 e. The number of rotatable bonds is 7. The van der Waals surface area contributed by atoms with Crippen LogP contribution in [0.2, 0.25) is 0 Å². The van der Waals surface area contributed by atoms with Gasteiger partial charge in [0, 0.05) is 6.54 Å². The molecule has 124 valence electrons. The van der Waals surface area contributed by atoms with E-state index in [2.05, 4.69) is 4.72 Å². The molecule has 5 heteroatoms. The Balaban J connectivity index is 2.11. The number of benzene rings is 2. The number of methoxy groups -OCH3 is 1. The minimum Gasteiger partial charge on any atom is -0.496 e. The second-order valence-electron chi connectivity index (χ2n) is 5.69. The largest absolute Gasteiger partial charge is 0.496 e. The van der Waals surface area contributed by atoms with Crippen LogP contribution in [0.15, 0.2) is 53.4 Å². The van der Waals surface area contributed by atoms with Crippen molar-refractivity contribution < 1.29 is 13.2 Å². The second-order valence-corrected chi connectivity index (χ2v) is 7.46. The number of sulfonamides is 1. The molecule has 0 saturated heterocycles. The van der Waals surface area contributed by atoms with Crippen molar-refractivity contribution in [3.05, 3.63) is 59.7 Å². The van der Waals surface area contributed by atoms with Crippen molar-refractivity contribution in [1.29, 1.82) is 0 Å². The van der Waals surface area contributed by atoms with Gasteiger partial charge in [-0.3, -0.25) is 0 Å². The lowest BCUT2D eigenvalue weighted by molar-refractivity contribution is 0.407. The first-order valence-electron chi connectivity index (χ1n) is 7.65. The van der Waals surface area contributed by atoms with Crippen LogP contribution in [0.5, 0.6) is 5.75 Å². The molecule has 2 aromatic carbocycles. The van der Waals surface area contributed by atoms with Crippen molar-refractivity contribution in [2.45, 2.75) is 31.1 Å². The van der Waals surface area contributed by atoms with E-state index in [9.17, 15) is 8.42 Å². The van der Waals surface area contributed by atoms with Gasteiger partial charge >= 0.3 is 0 Å². The zero-order valence-corrected chi connectivity index (χ0v) is 14.6. The summed E-state index contributed by atoms with van der Waals surface area (Å²) < 4.78 is 32.8. The summed E-state index contributed by atoms with van der Waals surface area (Å²) in [6, 6.07) is 14.8. The van der Waals surface area contributed by atoms with E-state index in [1.54, 1.807) is 25.3 Å². The molecular formula is C18H23NO3S. The molecule has 0 fully saturated rings. The van der Waals surface area contributed by atoms with Crippen molar-refractivity contribution in [1.82, 2.24) is 4.72 Å². The minimum atomic E-state index is -3.52. The van der Waals surface area contributed by atoms with E-state index in [1.807, 2.05) is 44.2 Å². The zero-order valence-electron chi connectivity index (χ0n) is 13.7. The lowest BCUT2D eigenvalue weighted by Gasteiger charge is -2.14. The summed E-state index contributed by atoms with van der Waals surface area (Å²) in [6.45, 7) is 4.39. The fourth-order valence-corrected chi connectivity index (χ4v) is 3.46. The van der Waals surface area contributed by atoms with Crippen LogP contribution in [0.3, 0.4) is 0 Å². The Labute approximate surface area is 138 Å². The Morgan fingerprint density at radius 1 is 1.09 bits per heavy atom. The molecule has 0 radical (unpaired) electrons. The molecule has 0 spiro atoms. The van der Waals surface area contributed by atoms with Crippen LogP contribution in [0.25, 0.3) is 0 Å². The molecule has 0 unspecified atom stereocenters. The maximum absolute atomic E-state index is 12.4. The van der Waals surface area contributed by atoms with Crippen molar-refractivity contribution >= 4 is 10.0 Å². The van der Waals surface area contributed by atoms with Gasteiger partial charge in [-0.05, 0) is 41.7 Å². The van der Waals surface area contributed by atoms with Gasteiger partial charge in [0.15, 0.2) is 0 Å².